The summed E-state index contributed by atoms with van der Waals surface area (Å²) in [7, 11) is 0. The number of aromatic nitrogens is 1. The van der Waals surface area contributed by atoms with Crippen LogP contribution in [-0.2, 0) is 4.79 Å². The maximum Gasteiger partial charge on any atom is 0.293 e. The molecule has 0 radical (unpaired) electrons. The van der Waals surface area contributed by atoms with Gasteiger partial charge in [-0.25, -0.2) is 0 Å². The number of imide groups is 1. The number of para-hydroxylation sites is 1. The lowest BCUT2D eigenvalue weighted by Gasteiger charge is -2.13. The van der Waals surface area contributed by atoms with Crippen LogP contribution in [0.15, 0.2) is 53.4 Å². The van der Waals surface area contributed by atoms with Crippen molar-refractivity contribution < 1.29 is 14.3 Å². The minimum Gasteiger partial charge on any atom is -0.492 e. The van der Waals surface area contributed by atoms with Crippen molar-refractivity contribution in [1.82, 2.24) is 9.88 Å². The summed E-state index contributed by atoms with van der Waals surface area (Å²) in [5.41, 5.74) is 1.53. The molecule has 2 heterocycles. The lowest BCUT2D eigenvalue weighted by Crippen LogP contribution is -2.32. The van der Waals surface area contributed by atoms with E-state index in [2.05, 4.69) is 4.98 Å². The monoisotopic (exact) mass is 340 g/mol. The zero-order valence-electron chi connectivity index (χ0n) is 13.1. The summed E-state index contributed by atoms with van der Waals surface area (Å²) >= 11 is 0.932. The summed E-state index contributed by atoms with van der Waals surface area (Å²) in [6, 6.07) is 14.8. The van der Waals surface area contributed by atoms with Gasteiger partial charge in [0.25, 0.3) is 11.1 Å². The Labute approximate surface area is 144 Å². The highest BCUT2D eigenvalue weighted by molar-refractivity contribution is 8.18. The molecule has 1 fully saturated rings. The summed E-state index contributed by atoms with van der Waals surface area (Å²) in [5, 5.41) is -0.282. The summed E-state index contributed by atoms with van der Waals surface area (Å²) in [5.74, 6) is 0.411. The number of carbonyl (C=O) groups is 2. The number of hydrogen-bond acceptors (Lipinski definition) is 5. The van der Waals surface area contributed by atoms with Crippen molar-refractivity contribution in [2.24, 2.45) is 0 Å². The van der Waals surface area contributed by atoms with Crippen LogP contribution in [0.5, 0.6) is 5.75 Å². The highest BCUT2D eigenvalue weighted by Crippen LogP contribution is 2.31. The number of benzene rings is 1. The first-order valence-electron chi connectivity index (χ1n) is 7.50. The van der Waals surface area contributed by atoms with E-state index in [9.17, 15) is 9.59 Å². The highest BCUT2D eigenvalue weighted by Gasteiger charge is 2.34. The van der Waals surface area contributed by atoms with Gasteiger partial charge in [-0.05, 0) is 49.0 Å². The molecule has 1 aliphatic rings. The van der Waals surface area contributed by atoms with Crippen molar-refractivity contribution in [1.29, 1.82) is 0 Å². The molecule has 1 aromatic heterocycles. The van der Waals surface area contributed by atoms with Gasteiger partial charge in [0, 0.05) is 5.69 Å². The van der Waals surface area contributed by atoms with Crippen LogP contribution in [0.3, 0.4) is 0 Å². The van der Waals surface area contributed by atoms with Crippen LogP contribution in [0.25, 0.3) is 6.08 Å². The molecule has 2 amide bonds. The smallest absolute Gasteiger partial charge is 0.293 e. The van der Waals surface area contributed by atoms with Crippen LogP contribution in [0.4, 0.5) is 4.79 Å². The molecule has 2 aromatic rings. The molecule has 5 nitrogen and oxygen atoms in total. The van der Waals surface area contributed by atoms with E-state index < -0.39 is 0 Å². The number of hydrogen-bond donors (Lipinski definition) is 0. The van der Waals surface area contributed by atoms with Crippen LogP contribution in [0.2, 0.25) is 0 Å². The standard InChI is InChI=1S/C18H16N2O3S/c1-13-6-5-7-14(19-13)12-16-17(21)20(18(22)24-16)10-11-23-15-8-3-2-4-9-15/h2-9,12H,10-11H2,1H3/b16-12-. The maximum absolute atomic E-state index is 12.4. The molecule has 6 heteroatoms. The molecule has 24 heavy (non-hydrogen) atoms. The minimum absolute atomic E-state index is 0.220. The number of nitrogens with zero attached hydrogens (tertiary/aromatic N) is 2. The summed E-state index contributed by atoms with van der Waals surface area (Å²) in [4.78, 5) is 30.3. The molecule has 1 aromatic carbocycles. The Morgan fingerprint density at radius 2 is 1.92 bits per heavy atom. The first kappa shape index (κ1) is 16.3. The van der Waals surface area contributed by atoms with E-state index in [0.29, 0.717) is 16.3 Å². The van der Waals surface area contributed by atoms with Gasteiger partial charge in [0.15, 0.2) is 0 Å². The third-order valence-electron chi connectivity index (χ3n) is 3.39. The molecule has 0 atom stereocenters. The van der Waals surface area contributed by atoms with Crippen molar-refractivity contribution in [3.63, 3.8) is 0 Å². The summed E-state index contributed by atoms with van der Waals surface area (Å²) in [6.45, 7) is 2.36. The Bertz CT molecular complexity index is 790. The molecular weight excluding hydrogens is 324 g/mol. The minimum atomic E-state index is -0.301. The molecule has 3 rings (SSSR count). The van der Waals surface area contributed by atoms with E-state index in [0.717, 1.165) is 17.5 Å². The van der Waals surface area contributed by atoms with E-state index in [1.165, 1.54) is 4.90 Å². The maximum atomic E-state index is 12.4. The van der Waals surface area contributed by atoms with Crippen molar-refractivity contribution in [2.45, 2.75) is 6.92 Å². The predicted octanol–water partition coefficient (Wildman–Crippen LogP) is 3.51. The topological polar surface area (TPSA) is 59.5 Å². The number of thioether (sulfide) groups is 1. The van der Waals surface area contributed by atoms with Crippen molar-refractivity contribution >= 4 is 29.0 Å². The van der Waals surface area contributed by atoms with Gasteiger partial charge >= 0.3 is 0 Å². The largest absolute Gasteiger partial charge is 0.492 e. The lowest BCUT2D eigenvalue weighted by molar-refractivity contribution is -0.123. The van der Waals surface area contributed by atoms with Crippen LogP contribution in [0.1, 0.15) is 11.4 Å². The van der Waals surface area contributed by atoms with E-state index in [4.69, 9.17) is 4.74 Å². The number of aryl methyl sites for hydroxylation is 1. The Morgan fingerprint density at radius 1 is 1.12 bits per heavy atom. The number of carbonyl (C=O) groups excluding carboxylic acids is 2. The van der Waals surface area contributed by atoms with Gasteiger partial charge in [-0.3, -0.25) is 19.5 Å². The zero-order chi connectivity index (χ0) is 16.9. The van der Waals surface area contributed by atoms with Gasteiger partial charge in [-0.15, -0.1) is 0 Å². The van der Waals surface area contributed by atoms with Gasteiger partial charge in [0.2, 0.25) is 0 Å². The number of ether oxygens (including phenoxy) is 1. The highest BCUT2D eigenvalue weighted by atomic mass is 32.2. The van der Waals surface area contributed by atoms with Gasteiger partial charge in [0.05, 0.1) is 17.1 Å². The zero-order valence-corrected chi connectivity index (χ0v) is 14.0. The van der Waals surface area contributed by atoms with Crippen LogP contribution in [-0.4, -0.2) is 34.2 Å². The summed E-state index contributed by atoms with van der Waals surface area (Å²) < 4.78 is 5.55. The first-order chi connectivity index (χ1) is 11.6. The van der Waals surface area contributed by atoms with E-state index in [-0.39, 0.29) is 24.3 Å². The van der Waals surface area contributed by atoms with Gasteiger partial charge in [-0.1, -0.05) is 24.3 Å². The van der Waals surface area contributed by atoms with Crippen molar-refractivity contribution in [3.8, 4) is 5.75 Å². The van der Waals surface area contributed by atoms with Crippen molar-refractivity contribution in [2.75, 3.05) is 13.2 Å². The second-order valence-electron chi connectivity index (χ2n) is 5.20. The SMILES string of the molecule is Cc1cccc(/C=C2\SC(=O)N(CCOc3ccccc3)C2=O)n1. The van der Waals surface area contributed by atoms with Gasteiger partial charge < -0.3 is 4.74 Å². The first-order valence-corrected chi connectivity index (χ1v) is 8.32. The lowest BCUT2D eigenvalue weighted by atomic mass is 10.3. The summed E-state index contributed by atoms with van der Waals surface area (Å²) in [6.07, 6.45) is 1.65. The van der Waals surface area contributed by atoms with Gasteiger partial charge in [0.1, 0.15) is 12.4 Å². The molecule has 0 aliphatic carbocycles. The molecule has 0 unspecified atom stereocenters. The van der Waals surface area contributed by atoms with Crippen LogP contribution >= 0.6 is 11.8 Å². The predicted molar refractivity (Wildman–Crippen MR) is 93.6 cm³/mol. The average Bonchev–Trinajstić information content (AvgIpc) is 2.83. The fraction of sp³-hybridized carbons (Fsp3) is 0.167. The fourth-order valence-corrected chi connectivity index (χ4v) is 3.09. The molecule has 0 saturated carbocycles. The number of amides is 2. The van der Waals surface area contributed by atoms with Crippen LogP contribution < -0.4 is 4.74 Å². The molecular formula is C18H16N2O3S. The van der Waals surface area contributed by atoms with Crippen molar-refractivity contribution in [3.05, 3.63) is 64.8 Å². The second-order valence-corrected chi connectivity index (χ2v) is 6.19. The molecule has 1 aliphatic heterocycles. The molecule has 0 bridgehead atoms. The second kappa shape index (κ2) is 7.31. The average molecular weight is 340 g/mol. The quantitative estimate of drug-likeness (QED) is 0.780. The molecule has 1 saturated heterocycles. The fourth-order valence-electron chi connectivity index (χ4n) is 2.24. The Morgan fingerprint density at radius 3 is 2.67 bits per heavy atom. The Balaban J connectivity index is 1.63. The van der Waals surface area contributed by atoms with E-state index >= 15 is 0 Å². The normalized spacial score (nSPS) is 16.0. The Kier molecular flexibility index (Phi) is 4.96. The van der Waals surface area contributed by atoms with E-state index in [1.54, 1.807) is 12.1 Å². The number of pyridine rings is 1. The molecule has 0 N–H and O–H groups in total. The van der Waals surface area contributed by atoms with E-state index in [1.807, 2.05) is 49.4 Å². The van der Waals surface area contributed by atoms with Gasteiger partial charge in [-0.2, -0.15) is 0 Å². The Hall–Kier alpha value is -2.60. The molecule has 122 valence electrons. The molecule has 0 spiro atoms. The number of rotatable bonds is 5. The van der Waals surface area contributed by atoms with Crippen LogP contribution in [0, 0.1) is 6.92 Å². The third kappa shape index (κ3) is 3.83. The third-order valence-corrected chi connectivity index (χ3v) is 4.30.